The quantitative estimate of drug-likeness (QED) is 0.402. The third-order valence-electron chi connectivity index (χ3n) is 4.37. The molecule has 0 aliphatic heterocycles. The van der Waals surface area contributed by atoms with Crippen molar-refractivity contribution in [2.45, 2.75) is 38.5 Å². The first-order valence-electron chi connectivity index (χ1n) is 7.81. The molecule has 0 spiro atoms. The summed E-state index contributed by atoms with van der Waals surface area (Å²) in [5, 5.41) is 3.12. The number of aryl methyl sites for hydroxylation is 4. The minimum absolute atomic E-state index is 0.567. The van der Waals surface area contributed by atoms with Crippen molar-refractivity contribution in [1.29, 1.82) is 0 Å². The molecule has 0 amide bonds. The molecule has 0 fully saturated rings. The second kappa shape index (κ2) is 6.19. The molecule has 4 aromatic rings. The van der Waals surface area contributed by atoms with Crippen LogP contribution in [0.3, 0.4) is 0 Å². The summed E-state index contributed by atoms with van der Waals surface area (Å²) in [4.78, 5) is 22.6. The third-order valence-corrected chi connectivity index (χ3v) is 7.57. The zero-order chi connectivity index (χ0) is 17.7. The summed E-state index contributed by atoms with van der Waals surface area (Å²) in [6.45, 7) is 8.41. The van der Waals surface area contributed by atoms with E-state index in [1.54, 1.807) is 40.8 Å². The van der Waals surface area contributed by atoms with Crippen LogP contribution in [-0.4, -0.2) is 19.9 Å². The fourth-order valence-corrected chi connectivity index (χ4v) is 5.81. The Kier molecular flexibility index (Phi) is 4.13. The fourth-order valence-electron chi connectivity index (χ4n) is 2.78. The Morgan fingerprint density at radius 1 is 0.920 bits per heavy atom. The van der Waals surface area contributed by atoms with E-state index in [1.165, 1.54) is 20.9 Å². The molecule has 0 radical (unpaired) electrons. The zero-order valence-corrected chi connectivity index (χ0v) is 16.8. The first-order chi connectivity index (χ1) is 12.0. The van der Waals surface area contributed by atoms with Gasteiger partial charge in [0.2, 0.25) is 0 Å². The third kappa shape index (κ3) is 2.78. The topological polar surface area (TPSA) is 77.6 Å². The Hall–Kier alpha value is -1.77. The molecule has 4 heterocycles. The summed E-state index contributed by atoms with van der Waals surface area (Å²) in [6, 6.07) is 0. The molecule has 5 nitrogen and oxygen atoms in total. The average Bonchev–Trinajstić information content (AvgIpc) is 3.03. The van der Waals surface area contributed by atoms with Crippen LogP contribution >= 0.6 is 34.4 Å². The molecule has 25 heavy (non-hydrogen) atoms. The normalized spacial score (nSPS) is 11.7. The number of nitrogens with two attached hydrogens (primary N) is 1. The van der Waals surface area contributed by atoms with Gasteiger partial charge in [0.05, 0.1) is 11.1 Å². The Morgan fingerprint density at radius 3 is 2.36 bits per heavy atom. The van der Waals surface area contributed by atoms with Crippen LogP contribution in [0.15, 0.2) is 11.4 Å². The van der Waals surface area contributed by atoms with Gasteiger partial charge in [0.25, 0.3) is 0 Å². The largest absolute Gasteiger partial charge is 0.383 e. The van der Waals surface area contributed by atoms with Crippen LogP contribution in [0.1, 0.15) is 26.7 Å². The predicted molar refractivity (Wildman–Crippen MR) is 108 cm³/mol. The highest BCUT2D eigenvalue weighted by atomic mass is 32.2. The van der Waals surface area contributed by atoms with Gasteiger partial charge in [0.1, 0.15) is 32.7 Å². The van der Waals surface area contributed by atoms with Gasteiger partial charge in [-0.3, -0.25) is 0 Å². The van der Waals surface area contributed by atoms with Crippen LogP contribution in [0.2, 0.25) is 0 Å². The smallest absolute Gasteiger partial charge is 0.142 e. The minimum Gasteiger partial charge on any atom is -0.383 e. The maximum atomic E-state index is 6.18. The summed E-state index contributed by atoms with van der Waals surface area (Å²) in [6.07, 6.45) is 1.63. The second-order valence-corrected chi connectivity index (χ2v) is 9.29. The van der Waals surface area contributed by atoms with Crippen molar-refractivity contribution in [3.8, 4) is 0 Å². The van der Waals surface area contributed by atoms with Crippen molar-refractivity contribution in [2.24, 2.45) is 0 Å². The van der Waals surface area contributed by atoms with Crippen LogP contribution in [0.4, 0.5) is 5.82 Å². The number of aromatic nitrogens is 4. The number of thiophene rings is 2. The number of anilines is 1. The highest BCUT2D eigenvalue weighted by molar-refractivity contribution is 7.98. The van der Waals surface area contributed by atoms with E-state index >= 15 is 0 Å². The Bertz CT molecular complexity index is 1110. The molecule has 0 atom stereocenters. The van der Waals surface area contributed by atoms with E-state index in [0.717, 1.165) is 31.3 Å². The molecule has 4 aromatic heterocycles. The maximum absolute atomic E-state index is 6.18. The lowest BCUT2D eigenvalue weighted by molar-refractivity contribution is 1.06. The lowest BCUT2D eigenvalue weighted by atomic mass is 10.2. The van der Waals surface area contributed by atoms with Gasteiger partial charge >= 0.3 is 0 Å². The highest BCUT2D eigenvalue weighted by Gasteiger charge is 2.15. The SMILES string of the molecule is Cc1sc2nc(CSc3ncnc4sc(C)c(C)c34)nc(N)c2c1C. The van der Waals surface area contributed by atoms with E-state index in [1.807, 2.05) is 0 Å². The van der Waals surface area contributed by atoms with Crippen LogP contribution < -0.4 is 5.73 Å². The maximum Gasteiger partial charge on any atom is 0.142 e. The van der Waals surface area contributed by atoms with Crippen molar-refractivity contribution in [3.05, 3.63) is 33.0 Å². The molecule has 0 saturated carbocycles. The van der Waals surface area contributed by atoms with Gasteiger partial charge in [-0.1, -0.05) is 11.8 Å². The molecule has 2 N–H and O–H groups in total. The van der Waals surface area contributed by atoms with E-state index in [4.69, 9.17) is 10.7 Å². The Balaban J connectivity index is 1.69. The Labute approximate surface area is 157 Å². The van der Waals surface area contributed by atoms with Crippen LogP contribution in [0, 0.1) is 27.7 Å². The first kappa shape index (κ1) is 16.7. The van der Waals surface area contributed by atoms with Gasteiger partial charge in [-0.15, -0.1) is 22.7 Å². The molecule has 4 rings (SSSR count). The predicted octanol–water partition coefficient (Wildman–Crippen LogP) is 4.80. The lowest BCUT2D eigenvalue weighted by Gasteiger charge is -2.05. The van der Waals surface area contributed by atoms with Gasteiger partial charge in [0, 0.05) is 15.1 Å². The van der Waals surface area contributed by atoms with E-state index in [2.05, 4.69) is 42.6 Å². The van der Waals surface area contributed by atoms with Crippen molar-refractivity contribution >= 4 is 60.7 Å². The first-order valence-corrected chi connectivity index (χ1v) is 10.4. The van der Waals surface area contributed by atoms with Gasteiger partial charge in [0.15, 0.2) is 0 Å². The van der Waals surface area contributed by atoms with E-state index in [0.29, 0.717) is 11.6 Å². The monoisotopic (exact) mass is 387 g/mol. The van der Waals surface area contributed by atoms with Crippen molar-refractivity contribution in [2.75, 3.05) is 5.73 Å². The number of hydrogen-bond donors (Lipinski definition) is 1. The van der Waals surface area contributed by atoms with Gasteiger partial charge in [-0.25, -0.2) is 19.9 Å². The number of thioether (sulfide) groups is 1. The van der Waals surface area contributed by atoms with E-state index in [9.17, 15) is 0 Å². The van der Waals surface area contributed by atoms with Gasteiger partial charge in [-0.05, 0) is 38.8 Å². The summed E-state index contributed by atoms with van der Waals surface area (Å²) in [7, 11) is 0. The molecule has 0 bridgehead atoms. The summed E-state index contributed by atoms with van der Waals surface area (Å²) in [5.74, 6) is 1.95. The summed E-state index contributed by atoms with van der Waals surface area (Å²) < 4.78 is 0. The molecular weight excluding hydrogens is 370 g/mol. The van der Waals surface area contributed by atoms with Crippen LogP contribution in [0.25, 0.3) is 20.4 Å². The number of rotatable bonds is 3. The summed E-state index contributed by atoms with van der Waals surface area (Å²) >= 11 is 5.02. The number of hydrogen-bond acceptors (Lipinski definition) is 8. The Morgan fingerprint density at radius 2 is 1.60 bits per heavy atom. The molecule has 128 valence electrons. The molecule has 8 heteroatoms. The standard InChI is InChI=1S/C17H17N5S3/c1-7-9(3)25-17-12(7)14(18)21-11(22-17)5-23-15-13-8(2)10(4)24-16(13)20-6-19-15/h6H,5H2,1-4H3,(H2,18,21,22). The summed E-state index contributed by atoms with van der Waals surface area (Å²) in [5.41, 5.74) is 8.61. The highest BCUT2D eigenvalue weighted by Crippen LogP contribution is 2.36. The van der Waals surface area contributed by atoms with E-state index in [-0.39, 0.29) is 0 Å². The molecule has 0 aromatic carbocycles. The zero-order valence-electron chi connectivity index (χ0n) is 14.4. The number of nitrogen functional groups attached to an aromatic ring is 1. The number of nitrogens with zero attached hydrogens (tertiary/aromatic N) is 4. The fraction of sp³-hybridized carbons (Fsp3) is 0.294. The molecule has 0 aliphatic rings. The van der Waals surface area contributed by atoms with E-state index < -0.39 is 0 Å². The molecule has 0 aliphatic carbocycles. The number of fused-ring (bicyclic) bond motifs is 2. The van der Waals surface area contributed by atoms with Crippen molar-refractivity contribution in [1.82, 2.24) is 19.9 Å². The molecule has 0 saturated heterocycles. The molecular formula is C17H17N5S3. The average molecular weight is 388 g/mol. The molecule has 0 unspecified atom stereocenters. The van der Waals surface area contributed by atoms with Crippen molar-refractivity contribution in [3.63, 3.8) is 0 Å². The van der Waals surface area contributed by atoms with Gasteiger partial charge in [-0.2, -0.15) is 0 Å². The van der Waals surface area contributed by atoms with Gasteiger partial charge < -0.3 is 5.73 Å². The van der Waals surface area contributed by atoms with Crippen molar-refractivity contribution < 1.29 is 0 Å². The van der Waals surface area contributed by atoms with Crippen LogP contribution in [-0.2, 0) is 5.75 Å². The lowest BCUT2D eigenvalue weighted by Crippen LogP contribution is -1.99. The minimum atomic E-state index is 0.567. The second-order valence-electron chi connectivity index (χ2n) is 5.92. The van der Waals surface area contributed by atoms with Crippen LogP contribution in [0.5, 0.6) is 0 Å².